The van der Waals surface area contributed by atoms with Gasteiger partial charge in [0.05, 0.1) is 5.75 Å². The molecule has 1 aromatic heterocycles. The Balaban J connectivity index is 1.69. The van der Waals surface area contributed by atoms with E-state index >= 15 is 0 Å². The number of phenols is 1. The number of aromatic nitrogens is 2. The van der Waals surface area contributed by atoms with E-state index in [0.29, 0.717) is 5.89 Å². The highest BCUT2D eigenvalue weighted by Crippen LogP contribution is 2.31. The number of phenolic OH excluding ortho intramolecular Hbond substituents is 1. The molecule has 4 nitrogen and oxygen atoms in total. The monoisotopic (exact) mass is 290 g/mol. The van der Waals surface area contributed by atoms with Gasteiger partial charge in [-0.15, -0.1) is 0 Å². The molecule has 0 unspecified atom stereocenters. The summed E-state index contributed by atoms with van der Waals surface area (Å²) in [5.74, 6) is 2.35. The summed E-state index contributed by atoms with van der Waals surface area (Å²) in [6, 6.07) is 5.15. The second kappa shape index (κ2) is 5.87. The van der Waals surface area contributed by atoms with Crippen molar-refractivity contribution in [3.63, 3.8) is 0 Å². The zero-order chi connectivity index (χ0) is 13.9. The quantitative estimate of drug-likeness (QED) is 0.924. The van der Waals surface area contributed by atoms with Gasteiger partial charge in [-0.05, 0) is 43.5 Å². The van der Waals surface area contributed by atoms with Gasteiger partial charge in [-0.2, -0.15) is 16.7 Å². The third-order valence-corrected chi connectivity index (χ3v) is 5.03. The van der Waals surface area contributed by atoms with Crippen LogP contribution < -0.4 is 0 Å². The first kappa shape index (κ1) is 13.5. The average Bonchev–Trinajstić information content (AvgIpc) is 3.07. The Bertz CT molecular complexity index is 591. The highest BCUT2D eigenvalue weighted by atomic mass is 32.2. The molecule has 1 aliphatic carbocycles. The Hall–Kier alpha value is -1.49. The van der Waals surface area contributed by atoms with Gasteiger partial charge in [-0.25, -0.2) is 0 Å². The third kappa shape index (κ3) is 2.98. The lowest BCUT2D eigenvalue weighted by Gasteiger charge is -2.05. The van der Waals surface area contributed by atoms with Gasteiger partial charge in [0.1, 0.15) is 5.75 Å². The molecular formula is C15H18N2O2S. The molecule has 20 heavy (non-hydrogen) atoms. The molecule has 1 N–H and O–H groups in total. The van der Waals surface area contributed by atoms with Gasteiger partial charge >= 0.3 is 0 Å². The molecule has 0 saturated heterocycles. The number of hydrogen-bond donors (Lipinski definition) is 1. The van der Waals surface area contributed by atoms with E-state index in [4.69, 9.17) is 4.52 Å². The largest absolute Gasteiger partial charge is 0.508 e. The molecule has 0 spiro atoms. The number of benzene rings is 1. The summed E-state index contributed by atoms with van der Waals surface area (Å²) >= 11 is 1.93. The molecule has 1 saturated carbocycles. The minimum Gasteiger partial charge on any atom is -0.508 e. The molecule has 0 bridgehead atoms. The first-order valence-electron chi connectivity index (χ1n) is 6.96. The predicted octanol–water partition coefficient (Wildman–Crippen LogP) is 3.93. The normalized spacial score (nSPS) is 15.8. The van der Waals surface area contributed by atoms with Crippen LogP contribution >= 0.6 is 11.8 Å². The van der Waals surface area contributed by atoms with Crippen molar-refractivity contribution in [1.29, 1.82) is 0 Å². The second-order valence-corrected chi connectivity index (χ2v) is 6.52. The zero-order valence-electron chi connectivity index (χ0n) is 11.5. The van der Waals surface area contributed by atoms with Crippen molar-refractivity contribution < 1.29 is 9.63 Å². The third-order valence-electron chi connectivity index (χ3n) is 3.66. The van der Waals surface area contributed by atoms with Crippen molar-refractivity contribution in [3.05, 3.63) is 29.6 Å². The van der Waals surface area contributed by atoms with Crippen LogP contribution in [0.5, 0.6) is 5.75 Å². The maximum atomic E-state index is 9.43. The van der Waals surface area contributed by atoms with E-state index in [1.807, 2.05) is 24.8 Å². The van der Waals surface area contributed by atoms with E-state index in [0.717, 1.165) is 28.0 Å². The second-order valence-electron chi connectivity index (χ2n) is 5.23. The fourth-order valence-corrected chi connectivity index (χ4v) is 3.73. The van der Waals surface area contributed by atoms with Gasteiger partial charge in [-0.1, -0.05) is 18.0 Å². The van der Waals surface area contributed by atoms with Gasteiger partial charge in [0.2, 0.25) is 0 Å². The van der Waals surface area contributed by atoms with Crippen LogP contribution in [0.1, 0.15) is 37.1 Å². The van der Waals surface area contributed by atoms with E-state index in [9.17, 15) is 5.11 Å². The highest BCUT2D eigenvalue weighted by molar-refractivity contribution is 7.99. The van der Waals surface area contributed by atoms with Gasteiger partial charge in [0, 0.05) is 10.8 Å². The molecule has 106 valence electrons. The lowest BCUT2D eigenvalue weighted by atomic mass is 10.1. The Morgan fingerprint density at radius 2 is 2.15 bits per heavy atom. The number of rotatable bonds is 4. The SMILES string of the molecule is Cc1cc(O)ccc1-c1nc(CSC2CCCC2)no1. The standard InChI is InChI=1S/C15H18N2O2S/c1-10-8-11(18)6-7-13(10)15-16-14(17-19-15)9-20-12-4-2-3-5-12/h6-8,12,18H,2-5,9H2,1H3. The number of aryl methyl sites for hydroxylation is 1. The van der Waals surface area contributed by atoms with Crippen LogP contribution in [0, 0.1) is 6.92 Å². The summed E-state index contributed by atoms with van der Waals surface area (Å²) in [6.45, 7) is 1.92. The summed E-state index contributed by atoms with van der Waals surface area (Å²) in [4.78, 5) is 4.45. The Labute approximate surface area is 122 Å². The van der Waals surface area contributed by atoms with Crippen LogP contribution in [0.3, 0.4) is 0 Å². The fourth-order valence-electron chi connectivity index (χ4n) is 2.56. The van der Waals surface area contributed by atoms with Crippen LogP contribution in [0.4, 0.5) is 0 Å². The highest BCUT2D eigenvalue weighted by Gasteiger charge is 2.17. The summed E-state index contributed by atoms with van der Waals surface area (Å²) in [5.41, 5.74) is 1.82. The summed E-state index contributed by atoms with van der Waals surface area (Å²) in [5, 5.41) is 14.2. The van der Waals surface area contributed by atoms with E-state index < -0.39 is 0 Å². The van der Waals surface area contributed by atoms with Gasteiger partial charge in [0.25, 0.3) is 5.89 Å². The number of aromatic hydroxyl groups is 1. The fraction of sp³-hybridized carbons (Fsp3) is 0.467. The van der Waals surface area contributed by atoms with Crippen LogP contribution in [0.2, 0.25) is 0 Å². The lowest BCUT2D eigenvalue weighted by Crippen LogP contribution is -1.95. The molecule has 1 aromatic carbocycles. The molecular weight excluding hydrogens is 272 g/mol. The Morgan fingerprint density at radius 3 is 2.90 bits per heavy atom. The molecule has 0 amide bonds. The Morgan fingerprint density at radius 1 is 1.35 bits per heavy atom. The minimum absolute atomic E-state index is 0.253. The molecule has 2 aromatic rings. The molecule has 1 heterocycles. The molecule has 0 aliphatic heterocycles. The maximum absolute atomic E-state index is 9.43. The van der Waals surface area contributed by atoms with Crippen LogP contribution in [-0.2, 0) is 5.75 Å². The van der Waals surface area contributed by atoms with E-state index in [1.165, 1.54) is 25.7 Å². The van der Waals surface area contributed by atoms with Crippen LogP contribution in [-0.4, -0.2) is 20.5 Å². The van der Waals surface area contributed by atoms with Crippen molar-refractivity contribution in [1.82, 2.24) is 10.1 Å². The van der Waals surface area contributed by atoms with E-state index in [1.54, 1.807) is 12.1 Å². The van der Waals surface area contributed by atoms with Crippen LogP contribution in [0.25, 0.3) is 11.5 Å². The molecule has 0 atom stereocenters. The van der Waals surface area contributed by atoms with Crippen molar-refractivity contribution in [2.45, 2.75) is 43.6 Å². The first-order chi connectivity index (χ1) is 9.72. The number of hydrogen-bond acceptors (Lipinski definition) is 5. The van der Waals surface area contributed by atoms with Gasteiger partial charge in [0.15, 0.2) is 5.82 Å². The van der Waals surface area contributed by atoms with Crippen molar-refractivity contribution in [2.24, 2.45) is 0 Å². The maximum Gasteiger partial charge on any atom is 0.258 e. The number of nitrogens with zero attached hydrogens (tertiary/aromatic N) is 2. The summed E-state index contributed by atoms with van der Waals surface area (Å²) in [6.07, 6.45) is 5.32. The predicted molar refractivity (Wildman–Crippen MR) is 79.7 cm³/mol. The summed E-state index contributed by atoms with van der Waals surface area (Å²) in [7, 11) is 0. The molecule has 1 aliphatic rings. The molecule has 1 fully saturated rings. The molecule has 0 radical (unpaired) electrons. The lowest BCUT2D eigenvalue weighted by molar-refractivity contribution is 0.424. The minimum atomic E-state index is 0.253. The molecule has 3 rings (SSSR count). The Kier molecular flexibility index (Phi) is 3.96. The van der Waals surface area contributed by atoms with E-state index in [2.05, 4.69) is 10.1 Å². The molecule has 5 heteroatoms. The topological polar surface area (TPSA) is 59.2 Å². The number of thioether (sulfide) groups is 1. The first-order valence-corrected chi connectivity index (χ1v) is 8.01. The van der Waals surface area contributed by atoms with Crippen molar-refractivity contribution in [2.75, 3.05) is 0 Å². The summed E-state index contributed by atoms with van der Waals surface area (Å²) < 4.78 is 5.33. The van der Waals surface area contributed by atoms with Gasteiger partial charge in [-0.3, -0.25) is 0 Å². The zero-order valence-corrected chi connectivity index (χ0v) is 12.3. The average molecular weight is 290 g/mol. The van der Waals surface area contributed by atoms with Crippen molar-refractivity contribution in [3.8, 4) is 17.2 Å². The smallest absolute Gasteiger partial charge is 0.258 e. The van der Waals surface area contributed by atoms with E-state index in [-0.39, 0.29) is 5.75 Å². The van der Waals surface area contributed by atoms with Crippen molar-refractivity contribution >= 4 is 11.8 Å². The van der Waals surface area contributed by atoms with Crippen LogP contribution in [0.15, 0.2) is 22.7 Å². The van der Waals surface area contributed by atoms with Gasteiger partial charge < -0.3 is 9.63 Å².